The molecule has 126 valence electrons. The Morgan fingerprint density at radius 3 is 2.88 bits per heavy atom. The van der Waals surface area contributed by atoms with Gasteiger partial charge >= 0.3 is 0 Å². The van der Waals surface area contributed by atoms with Crippen LogP contribution in [-0.4, -0.2) is 29.9 Å². The van der Waals surface area contributed by atoms with Crippen molar-refractivity contribution in [2.45, 2.75) is 32.2 Å². The van der Waals surface area contributed by atoms with Crippen LogP contribution in [0.1, 0.15) is 35.2 Å². The number of nitrogens with zero attached hydrogens (tertiary/aromatic N) is 1. The molecule has 3 rings (SSSR count). The van der Waals surface area contributed by atoms with Crippen molar-refractivity contribution in [1.82, 2.24) is 4.90 Å². The number of rotatable bonds is 3. The monoisotopic (exact) mass is 326 g/mol. The average Bonchev–Trinajstić information content (AvgIpc) is 2.63. The summed E-state index contributed by atoms with van der Waals surface area (Å²) in [5.41, 5.74) is 9.13. The molecule has 0 aliphatic carbocycles. The van der Waals surface area contributed by atoms with Crippen molar-refractivity contribution in [2.75, 3.05) is 13.1 Å². The van der Waals surface area contributed by atoms with Gasteiger partial charge in [-0.3, -0.25) is 4.79 Å². The highest BCUT2D eigenvalue weighted by Crippen LogP contribution is 2.26. The maximum absolute atomic E-state index is 13.6. The van der Waals surface area contributed by atoms with Crippen LogP contribution in [0.4, 0.5) is 4.39 Å². The van der Waals surface area contributed by atoms with Crippen molar-refractivity contribution in [3.63, 3.8) is 0 Å². The highest BCUT2D eigenvalue weighted by Gasteiger charge is 2.26. The minimum atomic E-state index is -0.272. The zero-order chi connectivity index (χ0) is 17.1. The maximum Gasteiger partial charge on any atom is 0.254 e. The number of hydrogen-bond donors (Lipinski definition) is 1. The first-order valence-electron chi connectivity index (χ1n) is 8.48. The minimum absolute atomic E-state index is 0.0149. The lowest BCUT2D eigenvalue weighted by atomic mass is 9.97. The normalized spacial score (nSPS) is 17.8. The molecule has 0 unspecified atom stereocenters. The third-order valence-corrected chi connectivity index (χ3v) is 4.78. The maximum atomic E-state index is 13.6. The van der Waals surface area contributed by atoms with Crippen molar-refractivity contribution in [3.8, 4) is 11.1 Å². The molecule has 0 bridgehead atoms. The fourth-order valence-corrected chi connectivity index (χ4v) is 3.40. The molecule has 0 saturated carbocycles. The van der Waals surface area contributed by atoms with E-state index in [0.29, 0.717) is 12.1 Å². The molecule has 0 radical (unpaired) electrons. The number of benzene rings is 2. The molecule has 1 aliphatic heterocycles. The molecule has 0 spiro atoms. The Morgan fingerprint density at radius 2 is 2.08 bits per heavy atom. The van der Waals surface area contributed by atoms with Gasteiger partial charge in [0, 0.05) is 24.7 Å². The van der Waals surface area contributed by atoms with Gasteiger partial charge in [-0.25, -0.2) is 4.39 Å². The molecule has 2 aromatic rings. The molecule has 1 aliphatic rings. The summed E-state index contributed by atoms with van der Waals surface area (Å²) in [5.74, 6) is -0.257. The summed E-state index contributed by atoms with van der Waals surface area (Å²) in [7, 11) is 0. The Labute approximate surface area is 142 Å². The number of halogens is 1. The second kappa shape index (κ2) is 7.14. The van der Waals surface area contributed by atoms with Crippen LogP contribution in [-0.2, 0) is 0 Å². The fraction of sp³-hybridized carbons (Fsp3) is 0.350. The summed E-state index contributed by atoms with van der Waals surface area (Å²) in [5, 5.41) is 0. The van der Waals surface area contributed by atoms with E-state index in [4.69, 9.17) is 5.73 Å². The fourth-order valence-electron chi connectivity index (χ4n) is 3.40. The first-order chi connectivity index (χ1) is 11.6. The van der Waals surface area contributed by atoms with E-state index >= 15 is 0 Å². The number of nitrogens with two attached hydrogens (primary N) is 1. The zero-order valence-electron chi connectivity index (χ0n) is 14.0. The lowest BCUT2D eigenvalue weighted by Gasteiger charge is -2.35. The Hall–Kier alpha value is -2.20. The number of carbonyl (C=O) groups excluding carboxylic acids is 1. The summed E-state index contributed by atoms with van der Waals surface area (Å²) in [6.07, 6.45) is 3.10. The van der Waals surface area contributed by atoms with Gasteiger partial charge in [0.1, 0.15) is 5.82 Å². The number of piperidine rings is 1. The summed E-state index contributed by atoms with van der Waals surface area (Å²) in [6.45, 7) is 3.19. The van der Waals surface area contributed by atoms with Crippen molar-refractivity contribution < 1.29 is 9.18 Å². The van der Waals surface area contributed by atoms with Crippen molar-refractivity contribution in [3.05, 3.63) is 59.4 Å². The lowest BCUT2D eigenvalue weighted by Crippen LogP contribution is -2.47. The number of carbonyl (C=O) groups is 1. The smallest absolute Gasteiger partial charge is 0.254 e. The molecule has 1 saturated heterocycles. The molecule has 1 atom stereocenters. The van der Waals surface area contributed by atoms with Crippen LogP contribution in [0.5, 0.6) is 0 Å². The number of aryl methyl sites for hydroxylation is 1. The molecule has 2 aromatic carbocycles. The molecule has 24 heavy (non-hydrogen) atoms. The minimum Gasteiger partial charge on any atom is -0.334 e. The largest absolute Gasteiger partial charge is 0.334 e. The lowest BCUT2D eigenvalue weighted by molar-refractivity contribution is 0.0623. The molecule has 4 heteroatoms. The van der Waals surface area contributed by atoms with Crippen molar-refractivity contribution in [1.29, 1.82) is 0 Å². The first-order valence-corrected chi connectivity index (χ1v) is 8.48. The molecule has 1 heterocycles. The van der Waals surface area contributed by atoms with E-state index in [2.05, 4.69) is 0 Å². The van der Waals surface area contributed by atoms with Gasteiger partial charge in [0.15, 0.2) is 0 Å². The summed E-state index contributed by atoms with van der Waals surface area (Å²) in [4.78, 5) is 14.8. The topological polar surface area (TPSA) is 46.3 Å². The van der Waals surface area contributed by atoms with Gasteiger partial charge in [0.2, 0.25) is 0 Å². The molecule has 3 nitrogen and oxygen atoms in total. The van der Waals surface area contributed by atoms with E-state index in [0.717, 1.165) is 42.5 Å². The van der Waals surface area contributed by atoms with E-state index in [1.807, 2.05) is 36.1 Å². The van der Waals surface area contributed by atoms with E-state index in [9.17, 15) is 9.18 Å². The Morgan fingerprint density at radius 1 is 1.25 bits per heavy atom. The summed E-state index contributed by atoms with van der Waals surface area (Å²) < 4.78 is 13.6. The molecular formula is C20H23FN2O. The van der Waals surface area contributed by atoms with Gasteiger partial charge in [-0.15, -0.1) is 0 Å². The first kappa shape index (κ1) is 16.7. The van der Waals surface area contributed by atoms with Gasteiger partial charge < -0.3 is 10.6 Å². The van der Waals surface area contributed by atoms with E-state index in [1.165, 1.54) is 12.1 Å². The molecule has 1 amide bonds. The van der Waals surface area contributed by atoms with E-state index in [1.54, 1.807) is 6.07 Å². The third kappa shape index (κ3) is 3.34. The van der Waals surface area contributed by atoms with Gasteiger partial charge in [-0.2, -0.15) is 0 Å². The Kier molecular flexibility index (Phi) is 4.95. The Bertz CT molecular complexity index is 744. The second-order valence-corrected chi connectivity index (χ2v) is 6.42. The zero-order valence-corrected chi connectivity index (χ0v) is 14.0. The number of hydrogen-bond acceptors (Lipinski definition) is 2. The molecule has 2 N–H and O–H groups in total. The molecule has 0 aromatic heterocycles. The molecular weight excluding hydrogens is 303 g/mol. The van der Waals surface area contributed by atoms with E-state index in [-0.39, 0.29) is 17.8 Å². The van der Waals surface area contributed by atoms with Gasteiger partial charge in [-0.1, -0.05) is 18.2 Å². The second-order valence-electron chi connectivity index (χ2n) is 6.42. The quantitative estimate of drug-likeness (QED) is 0.933. The Balaban J connectivity index is 1.92. The van der Waals surface area contributed by atoms with Crippen LogP contribution in [0.2, 0.25) is 0 Å². The van der Waals surface area contributed by atoms with Crippen molar-refractivity contribution in [2.24, 2.45) is 5.73 Å². The van der Waals surface area contributed by atoms with Gasteiger partial charge in [-0.05, 0) is 67.1 Å². The predicted molar refractivity (Wildman–Crippen MR) is 94.3 cm³/mol. The standard InChI is InChI=1S/C20H23FN2O/c1-14-8-9-17(21)12-19(14)15-5-4-6-16(11-15)20(24)23-10-3-2-7-18(23)13-22/h4-6,8-9,11-12,18H,2-3,7,10,13,22H2,1H3/t18-/m0/s1. The van der Waals surface area contributed by atoms with Crippen LogP contribution in [0, 0.1) is 12.7 Å². The average molecular weight is 326 g/mol. The predicted octanol–water partition coefficient (Wildman–Crippen LogP) is 3.75. The van der Waals surface area contributed by atoms with Crippen LogP contribution >= 0.6 is 0 Å². The summed E-state index contributed by atoms with van der Waals surface area (Å²) >= 11 is 0. The van der Waals surface area contributed by atoms with Gasteiger partial charge in [0.05, 0.1) is 0 Å². The van der Waals surface area contributed by atoms with Crippen molar-refractivity contribution >= 4 is 5.91 Å². The third-order valence-electron chi connectivity index (χ3n) is 4.78. The highest BCUT2D eigenvalue weighted by molar-refractivity contribution is 5.96. The van der Waals surface area contributed by atoms with Crippen LogP contribution in [0.3, 0.4) is 0 Å². The SMILES string of the molecule is Cc1ccc(F)cc1-c1cccc(C(=O)N2CCCC[C@H]2CN)c1. The van der Waals surface area contributed by atoms with E-state index < -0.39 is 0 Å². The summed E-state index contributed by atoms with van der Waals surface area (Å²) in [6, 6.07) is 12.3. The molecule has 1 fully saturated rings. The highest BCUT2D eigenvalue weighted by atomic mass is 19.1. The van der Waals surface area contributed by atoms with Gasteiger partial charge in [0.25, 0.3) is 5.91 Å². The number of likely N-dealkylation sites (tertiary alicyclic amines) is 1. The van der Waals surface area contributed by atoms with Crippen LogP contribution in [0.25, 0.3) is 11.1 Å². The van der Waals surface area contributed by atoms with Crippen LogP contribution < -0.4 is 5.73 Å². The number of amides is 1. The van der Waals surface area contributed by atoms with Crippen LogP contribution in [0.15, 0.2) is 42.5 Å².